The molecule has 1 aromatic heterocycles. The van der Waals surface area contributed by atoms with Gasteiger partial charge in [0.1, 0.15) is 0 Å². The molecule has 0 aliphatic rings. The first-order valence-corrected chi connectivity index (χ1v) is 9.26. The van der Waals surface area contributed by atoms with E-state index >= 15 is 0 Å². The number of benzene rings is 1. The Morgan fingerprint density at radius 3 is 2.21 bits per heavy atom. The van der Waals surface area contributed by atoms with Crippen molar-refractivity contribution in [1.82, 2.24) is 9.47 Å². The number of methoxy groups -OCH3 is 2. The number of urea groups is 1. The summed E-state index contributed by atoms with van der Waals surface area (Å²) in [5.41, 5.74) is -0.243. The van der Waals surface area contributed by atoms with Gasteiger partial charge >= 0.3 is 12.2 Å². The van der Waals surface area contributed by atoms with Crippen LogP contribution in [0.3, 0.4) is 0 Å². The molecule has 0 unspecified atom stereocenters. The van der Waals surface area contributed by atoms with Crippen molar-refractivity contribution in [2.75, 3.05) is 40.5 Å². The van der Waals surface area contributed by atoms with Crippen LogP contribution in [0.4, 0.5) is 18.0 Å². The van der Waals surface area contributed by atoms with Crippen LogP contribution in [0.2, 0.25) is 0 Å². The zero-order chi connectivity index (χ0) is 20.7. The number of aryl methyl sites for hydroxylation is 1. The predicted octanol–water partition coefficient (Wildman–Crippen LogP) is 3.48. The van der Waals surface area contributed by atoms with Crippen molar-refractivity contribution >= 4 is 17.4 Å². The highest BCUT2D eigenvalue weighted by molar-refractivity contribution is 7.09. The van der Waals surface area contributed by atoms with E-state index < -0.39 is 17.8 Å². The molecule has 0 spiro atoms. The first-order valence-electron chi connectivity index (χ1n) is 8.44. The first-order chi connectivity index (χ1) is 13.3. The number of rotatable bonds is 7. The molecule has 0 atom stereocenters. The number of nitrogens with zero attached hydrogens (tertiary/aromatic N) is 3. The number of halogens is 3. The topological polar surface area (TPSA) is 56.1 Å². The Hall–Kier alpha value is -2.17. The van der Waals surface area contributed by atoms with Crippen molar-refractivity contribution in [3.63, 3.8) is 0 Å². The Kier molecular flexibility index (Phi) is 7.78. The molecule has 2 amide bonds. The van der Waals surface area contributed by atoms with Gasteiger partial charge in [-0.25, -0.2) is 4.79 Å². The van der Waals surface area contributed by atoms with Crippen molar-refractivity contribution < 1.29 is 27.4 Å². The van der Waals surface area contributed by atoms with Crippen molar-refractivity contribution in [3.8, 4) is 5.69 Å². The van der Waals surface area contributed by atoms with Gasteiger partial charge in [-0.2, -0.15) is 18.2 Å². The highest BCUT2D eigenvalue weighted by atomic mass is 32.1. The van der Waals surface area contributed by atoms with Crippen LogP contribution in [0.5, 0.6) is 0 Å². The van der Waals surface area contributed by atoms with Crippen LogP contribution < -0.4 is 4.80 Å². The van der Waals surface area contributed by atoms with Gasteiger partial charge in [-0.05, 0) is 31.2 Å². The van der Waals surface area contributed by atoms with Gasteiger partial charge in [0.25, 0.3) is 0 Å². The van der Waals surface area contributed by atoms with Crippen molar-refractivity contribution in [2.45, 2.75) is 13.1 Å². The van der Waals surface area contributed by atoms with Crippen LogP contribution in [-0.2, 0) is 15.7 Å². The van der Waals surface area contributed by atoms with E-state index in [2.05, 4.69) is 4.99 Å². The molecule has 1 heterocycles. The van der Waals surface area contributed by atoms with E-state index in [1.807, 2.05) is 6.92 Å². The number of hydrogen-bond donors (Lipinski definition) is 0. The summed E-state index contributed by atoms with van der Waals surface area (Å²) in [6.45, 7) is 3.25. The SMILES string of the molecule is COCCN(CCOC)C(=O)N=c1sc(C)cn1-c1ccc(C(F)(F)F)cc1. The molecule has 0 aliphatic heterocycles. The lowest BCUT2D eigenvalue weighted by Crippen LogP contribution is -2.35. The second-order valence-electron chi connectivity index (χ2n) is 5.91. The Balaban J connectivity index is 2.34. The summed E-state index contributed by atoms with van der Waals surface area (Å²) < 4.78 is 50.0. The summed E-state index contributed by atoms with van der Waals surface area (Å²) in [6.07, 6.45) is -2.67. The summed E-state index contributed by atoms with van der Waals surface area (Å²) in [7, 11) is 3.08. The fourth-order valence-electron chi connectivity index (χ4n) is 2.39. The normalized spacial score (nSPS) is 12.4. The van der Waals surface area contributed by atoms with Crippen molar-refractivity contribution in [2.24, 2.45) is 4.99 Å². The number of carbonyl (C=O) groups is 1. The molecule has 0 radical (unpaired) electrons. The van der Waals surface area contributed by atoms with Crippen LogP contribution in [0.25, 0.3) is 5.69 Å². The average molecular weight is 417 g/mol. The Bertz CT molecular complexity index is 836. The van der Waals surface area contributed by atoms with Crippen LogP contribution in [-0.4, -0.2) is 56.0 Å². The molecule has 1 aromatic carbocycles. The molecule has 2 aromatic rings. The fraction of sp³-hybridized carbons (Fsp3) is 0.444. The number of thiazole rings is 1. The maximum absolute atomic E-state index is 12.8. The fourth-order valence-corrected chi connectivity index (χ4v) is 3.21. The Morgan fingerprint density at radius 2 is 1.71 bits per heavy atom. The molecule has 0 fully saturated rings. The Morgan fingerprint density at radius 1 is 1.14 bits per heavy atom. The minimum atomic E-state index is -4.40. The van der Waals surface area contributed by atoms with E-state index in [9.17, 15) is 18.0 Å². The minimum absolute atomic E-state index is 0.354. The third kappa shape index (κ3) is 5.91. The van der Waals surface area contributed by atoms with E-state index in [4.69, 9.17) is 9.47 Å². The molecular weight excluding hydrogens is 395 g/mol. The lowest BCUT2D eigenvalue weighted by molar-refractivity contribution is -0.137. The number of ether oxygens (including phenoxy) is 2. The van der Waals surface area contributed by atoms with Gasteiger partial charge in [0.15, 0.2) is 4.80 Å². The zero-order valence-electron chi connectivity index (χ0n) is 15.8. The number of carbonyl (C=O) groups excluding carboxylic acids is 1. The molecule has 6 nitrogen and oxygen atoms in total. The second kappa shape index (κ2) is 9.85. The molecule has 0 saturated heterocycles. The number of aromatic nitrogens is 1. The molecule has 154 valence electrons. The molecule has 0 N–H and O–H groups in total. The maximum atomic E-state index is 12.8. The van der Waals surface area contributed by atoms with Gasteiger partial charge in [0.05, 0.1) is 18.8 Å². The molecule has 2 rings (SSSR count). The molecule has 0 saturated carbocycles. The van der Waals surface area contributed by atoms with Crippen molar-refractivity contribution in [3.05, 3.63) is 45.7 Å². The third-order valence-electron chi connectivity index (χ3n) is 3.83. The van der Waals surface area contributed by atoms with Gasteiger partial charge in [-0.3, -0.25) is 4.57 Å². The van der Waals surface area contributed by atoms with Crippen LogP contribution in [0.15, 0.2) is 35.5 Å². The van der Waals surface area contributed by atoms with Crippen LogP contribution >= 0.6 is 11.3 Å². The highest BCUT2D eigenvalue weighted by Gasteiger charge is 2.30. The molecule has 0 aliphatic carbocycles. The summed E-state index contributed by atoms with van der Waals surface area (Å²) in [6, 6.07) is 4.25. The van der Waals surface area contributed by atoms with E-state index in [0.717, 1.165) is 17.0 Å². The molecule has 0 bridgehead atoms. The molecular formula is C18H22F3N3O3S. The smallest absolute Gasteiger partial charge is 0.383 e. The summed E-state index contributed by atoms with van der Waals surface area (Å²) >= 11 is 1.28. The van der Waals surface area contributed by atoms with Gasteiger partial charge in [-0.15, -0.1) is 11.3 Å². The monoisotopic (exact) mass is 417 g/mol. The quantitative estimate of drug-likeness (QED) is 0.693. The maximum Gasteiger partial charge on any atom is 0.416 e. The van der Waals surface area contributed by atoms with Gasteiger partial charge in [-0.1, -0.05) is 0 Å². The van der Waals surface area contributed by atoms with Crippen LogP contribution in [0.1, 0.15) is 10.4 Å². The summed E-state index contributed by atoms with van der Waals surface area (Å²) in [5, 5.41) is 0. The number of alkyl halides is 3. The highest BCUT2D eigenvalue weighted by Crippen LogP contribution is 2.29. The van der Waals surface area contributed by atoms with Gasteiger partial charge < -0.3 is 14.4 Å². The Labute approximate surface area is 164 Å². The third-order valence-corrected chi connectivity index (χ3v) is 4.73. The first kappa shape index (κ1) is 22.1. The standard InChI is InChI=1S/C18H22F3N3O3S/c1-13-12-24(15-6-4-14(5-7-15)18(19,20)21)17(28-13)22-16(25)23(8-10-26-2)9-11-27-3/h4-7,12H,8-11H2,1-3H3. The average Bonchev–Trinajstić information content (AvgIpc) is 3.01. The lowest BCUT2D eigenvalue weighted by Gasteiger charge is -2.19. The summed E-state index contributed by atoms with van der Waals surface area (Å²) in [4.78, 5) is 19.5. The largest absolute Gasteiger partial charge is 0.416 e. The predicted molar refractivity (Wildman–Crippen MR) is 99.7 cm³/mol. The summed E-state index contributed by atoms with van der Waals surface area (Å²) in [5.74, 6) is 0. The lowest BCUT2D eigenvalue weighted by atomic mass is 10.2. The molecule has 10 heteroatoms. The number of amides is 2. The van der Waals surface area contributed by atoms with Gasteiger partial charge in [0, 0.05) is 44.1 Å². The van der Waals surface area contributed by atoms with E-state index in [1.165, 1.54) is 42.6 Å². The minimum Gasteiger partial charge on any atom is -0.383 e. The van der Waals surface area contributed by atoms with Crippen molar-refractivity contribution in [1.29, 1.82) is 0 Å². The van der Waals surface area contributed by atoms with Crippen LogP contribution in [0, 0.1) is 6.92 Å². The molecule has 28 heavy (non-hydrogen) atoms. The van der Waals surface area contributed by atoms with E-state index in [-0.39, 0.29) is 0 Å². The second-order valence-corrected chi connectivity index (χ2v) is 7.12. The van der Waals surface area contributed by atoms with Gasteiger partial charge in [0.2, 0.25) is 0 Å². The van der Waals surface area contributed by atoms with E-state index in [1.54, 1.807) is 10.8 Å². The van der Waals surface area contributed by atoms with E-state index in [0.29, 0.717) is 36.8 Å². The zero-order valence-corrected chi connectivity index (χ0v) is 16.6. The number of hydrogen-bond acceptors (Lipinski definition) is 4.